The molecule has 4 rings (SSSR count). The summed E-state index contributed by atoms with van der Waals surface area (Å²) in [5.74, 6) is 0.502. The first-order chi connectivity index (χ1) is 15.0. The number of nitrogens with one attached hydrogen (secondary N) is 1. The maximum atomic E-state index is 13.2. The van der Waals surface area contributed by atoms with Gasteiger partial charge in [0.2, 0.25) is 17.7 Å². The van der Waals surface area contributed by atoms with E-state index in [1.807, 2.05) is 24.3 Å². The fraction of sp³-hybridized carbons (Fsp3) is 0.130. The van der Waals surface area contributed by atoms with E-state index < -0.39 is 0 Å². The summed E-state index contributed by atoms with van der Waals surface area (Å²) in [7, 11) is 1.80. The highest BCUT2D eigenvalue weighted by molar-refractivity contribution is 6.02. The Bertz CT molecular complexity index is 1220. The number of carbonyl (C=O) groups is 1. The Balaban J connectivity index is 1.41. The number of nitrogens with zero attached hydrogens (tertiary/aromatic N) is 4. The van der Waals surface area contributed by atoms with Crippen LogP contribution in [0.25, 0.3) is 17.3 Å². The number of amides is 1. The van der Waals surface area contributed by atoms with E-state index in [4.69, 9.17) is 4.42 Å². The molecule has 0 bridgehead atoms. The van der Waals surface area contributed by atoms with Gasteiger partial charge in [0, 0.05) is 36.9 Å². The van der Waals surface area contributed by atoms with Gasteiger partial charge in [-0.15, -0.1) is 10.2 Å². The molecule has 2 heterocycles. The first-order valence-corrected chi connectivity index (χ1v) is 9.63. The molecule has 1 N–H and O–H groups in total. The van der Waals surface area contributed by atoms with Crippen LogP contribution >= 0.6 is 0 Å². The Kier molecular flexibility index (Phi) is 5.70. The predicted octanol–water partition coefficient (Wildman–Crippen LogP) is 4.16. The van der Waals surface area contributed by atoms with Gasteiger partial charge < -0.3 is 9.73 Å². The van der Waals surface area contributed by atoms with Gasteiger partial charge in [0.25, 0.3) is 0 Å². The monoisotopic (exact) mass is 417 g/mol. The van der Waals surface area contributed by atoms with Crippen LogP contribution in [0.1, 0.15) is 22.9 Å². The Morgan fingerprint density at radius 1 is 1.13 bits per heavy atom. The van der Waals surface area contributed by atoms with E-state index in [-0.39, 0.29) is 11.7 Å². The van der Waals surface area contributed by atoms with Crippen LogP contribution in [0.3, 0.4) is 0 Å². The molecule has 8 heteroatoms. The fourth-order valence-corrected chi connectivity index (χ4v) is 3.18. The summed E-state index contributed by atoms with van der Waals surface area (Å²) < 4.78 is 20.3. The van der Waals surface area contributed by atoms with E-state index >= 15 is 0 Å². The van der Waals surface area contributed by atoms with Crippen LogP contribution in [0.2, 0.25) is 0 Å². The number of benzene rings is 2. The molecule has 1 amide bonds. The van der Waals surface area contributed by atoms with Crippen molar-refractivity contribution in [3.05, 3.63) is 89.5 Å². The molecule has 4 aromatic rings. The van der Waals surface area contributed by atoms with Crippen molar-refractivity contribution in [2.45, 2.75) is 13.3 Å². The summed E-state index contributed by atoms with van der Waals surface area (Å²) in [6, 6.07) is 13.6. The third kappa shape index (κ3) is 4.92. The minimum Gasteiger partial charge on any atom is -0.425 e. The molecule has 0 fully saturated rings. The lowest BCUT2D eigenvalue weighted by molar-refractivity contribution is -0.111. The van der Waals surface area contributed by atoms with Gasteiger partial charge in [-0.2, -0.15) is 5.10 Å². The molecule has 0 saturated heterocycles. The summed E-state index contributed by atoms with van der Waals surface area (Å²) in [6.45, 7) is 1.75. The van der Waals surface area contributed by atoms with Crippen LogP contribution in [0.5, 0.6) is 0 Å². The molecular formula is C23H20FN5O2. The Morgan fingerprint density at radius 2 is 1.87 bits per heavy atom. The lowest BCUT2D eigenvalue weighted by atomic mass is 10.1. The fourth-order valence-electron chi connectivity index (χ4n) is 3.18. The minimum atomic E-state index is -0.305. The van der Waals surface area contributed by atoms with Gasteiger partial charge >= 0.3 is 0 Å². The molecule has 2 aromatic heterocycles. The molecule has 0 aliphatic heterocycles. The topological polar surface area (TPSA) is 85.8 Å². The number of hydrogen-bond acceptors (Lipinski definition) is 5. The lowest BCUT2D eigenvalue weighted by Gasteiger charge is -2.05. The van der Waals surface area contributed by atoms with Crippen molar-refractivity contribution < 1.29 is 13.6 Å². The van der Waals surface area contributed by atoms with Crippen molar-refractivity contribution in [3.8, 4) is 11.3 Å². The van der Waals surface area contributed by atoms with Crippen LogP contribution in [0.4, 0.5) is 10.1 Å². The van der Waals surface area contributed by atoms with Gasteiger partial charge in [0.1, 0.15) is 5.82 Å². The van der Waals surface area contributed by atoms with Crippen molar-refractivity contribution in [2.24, 2.45) is 7.05 Å². The SMILES string of the molecule is Cc1nnc(Cc2ccc(NC(=O)C=Cc3cnn(C)c3-c3ccc(F)cc3)cc2)o1. The van der Waals surface area contributed by atoms with E-state index in [2.05, 4.69) is 20.6 Å². The molecule has 0 radical (unpaired) electrons. The number of rotatable bonds is 6. The average molecular weight is 417 g/mol. The number of aromatic nitrogens is 4. The third-order valence-electron chi connectivity index (χ3n) is 4.64. The van der Waals surface area contributed by atoms with E-state index in [1.165, 1.54) is 18.2 Å². The van der Waals surface area contributed by atoms with Crippen LogP contribution in [-0.2, 0) is 18.3 Å². The van der Waals surface area contributed by atoms with Crippen LogP contribution in [0.15, 0.2) is 65.2 Å². The average Bonchev–Trinajstić information content (AvgIpc) is 3.33. The van der Waals surface area contributed by atoms with Gasteiger partial charge in [-0.3, -0.25) is 9.48 Å². The zero-order chi connectivity index (χ0) is 21.8. The van der Waals surface area contributed by atoms with Gasteiger partial charge in [0.15, 0.2) is 0 Å². The highest BCUT2D eigenvalue weighted by Gasteiger charge is 2.10. The van der Waals surface area contributed by atoms with Gasteiger partial charge in [0.05, 0.1) is 18.3 Å². The number of aryl methyl sites for hydroxylation is 2. The van der Waals surface area contributed by atoms with Crippen LogP contribution < -0.4 is 5.32 Å². The van der Waals surface area contributed by atoms with Crippen LogP contribution in [0, 0.1) is 12.7 Å². The maximum absolute atomic E-state index is 13.2. The molecule has 0 atom stereocenters. The third-order valence-corrected chi connectivity index (χ3v) is 4.64. The second-order valence-electron chi connectivity index (χ2n) is 6.99. The number of halogens is 1. The van der Waals surface area contributed by atoms with Crippen molar-refractivity contribution in [1.29, 1.82) is 0 Å². The smallest absolute Gasteiger partial charge is 0.248 e. The molecule has 0 aliphatic rings. The lowest BCUT2D eigenvalue weighted by Crippen LogP contribution is -2.07. The summed E-state index contributed by atoms with van der Waals surface area (Å²) in [5.41, 5.74) is 4.04. The number of carbonyl (C=O) groups excluding carboxylic acids is 1. The molecule has 7 nitrogen and oxygen atoms in total. The zero-order valence-corrected chi connectivity index (χ0v) is 17.0. The quantitative estimate of drug-likeness (QED) is 0.476. The molecule has 0 spiro atoms. The highest BCUT2D eigenvalue weighted by Crippen LogP contribution is 2.24. The summed E-state index contributed by atoms with van der Waals surface area (Å²) >= 11 is 0. The molecule has 0 saturated carbocycles. The Morgan fingerprint density at radius 3 is 2.55 bits per heavy atom. The first kappa shape index (κ1) is 20.2. The molecule has 2 aromatic carbocycles. The van der Waals surface area contributed by atoms with Crippen molar-refractivity contribution in [1.82, 2.24) is 20.0 Å². The number of hydrogen-bond donors (Lipinski definition) is 1. The predicted molar refractivity (Wildman–Crippen MR) is 115 cm³/mol. The summed E-state index contributed by atoms with van der Waals surface area (Å²) in [4.78, 5) is 12.4. The van der Waals surface area contributed by atoms with Gasteiger partial charge in [-0.05, 0) is 48.0 Å². The van der Waals surface area contributed by atoms with E-state index in [1.54, 1.807) is 43.1 Å². The largest absolute Gasteiger partial charge is 0.425 e. The normalized spacial score (nSPS) is 11.2. The zero-order valence-electron chi connectivity index (χ0n) is 17.0. The summed E-state index contributed by atoms with van der Waals surface area (Å²) in [6.07, 6.45) is 5.32. The van der Waals surface area contributed by atoms with E-state index in [0.717, 1.165) is 22.4 Å². The van der Waals surface area contributed by atoms with E-state index in [9.17, 15) is 9.18 Å². The number of anilines is 1. The van der Waals surface area contributed by atoms with Gasteiger partial charge in [-0.25, -0.2) is 4.39 Å². The van der Waals surface area contributed by atoms with Gasteiger partial charge in [-0.1, -0.05) is 12.1 Å². The second-order valence-corrected chi connectivity index (χ2v) is 6.99. The standard InChI is InChI=1S/C23H20FN5O2/c1-15-27-28-22(31-15)13-16-3-10-20(11-4-16)26-21(30)12-7-18-14-25-29(2)23(18)17-5-8-19(24)9-6-17/h3-12,14H,13H2,1-2H3,(H,26,30). The summed E-state index contributed by atoms with van der Waals surface area (Å²) in [5, 5.41) is 14.9. The second kappa shape index (κ2) is 8.74. The molecule has 156 valence electrons. The molecule has 31 heavy (non-hydrogen) atoms. The minimum absolute atomic E-state index is 0.269. The Labute approximate surface area is 178 Å². The van der Waals surface area contributed by atoms with Crippen LogP contribution in [-0.4, -0.2) is 25.9 Å². The van der Waals surface area contributed by atoms with Crippen molar-refractivity contribution >= 4 is 17.7 Å². The van der Waals surface area contributed by atoms with E-state index in [0.29, 0.717) is 23.9 Å². The first-order valence-electron chi connectivity index (χ1n) is 9.63. The van der Waals surface area contributed by atoms with Crippen molar-refractivity contribution in [2.75, 3.05) is 5.32 Å². The molecule has 0 aliphatic carbocycles. The van der Waals surface area contributed by atoms with Crippen molar-refractivity contribution in [3.63, 3.8) is 0 Å². The highest BCUT2D eigenvalue weighted by atomic mass is 19.1. The molecular weight excluding hydrogens is 397 g/mol. The molecule has 0 unspecified atom stereocenters. The Hall–Kier alpha value is -4.07. The maximum Gasteiger partial charge on any atom is 0.248 e.